The molecule has 0 heterocycles. The predicted molar refractivity (Wildman–Crippen MR) is 73.4 cm³/mol. The van der Waals surface area contributed by atoms with Gasteiger partial charge in [0, 0.05) is 17.8 Å². The van der Waals surface area contributed by atoms with Gasteiger partial charge in [0.1, 0.15) is 6.54 Å². The van der Waals surface area contributed by atoms with Crippen LogP contribution in [-0.4, -0.2) is 41.0 Å². The summed E-state index contributed by atoms with van der Waals surface area (Å²) in [4.78, 5) is 34.7. The van der Waals surface area contributed by atoms with Gasteiger partial charge in [0.25, 0.3) is 0 Å². The topological polar surface area (TPSA) is 113 Å². The SMILES string of the molecule is C=CCN(CC(=O)O)C(=O)Nc1cccc(C(N)=O)c1. The Hall–Kier alpha value is -2.83. The number of nitrogens with two attached hydrogens (primary N) is 1. The molecule has 3 amide bonds. The molecule has 1 rings (SSSR count). The summed E-state index contributed by atoms with van der Waals surface area (Å²) >= 11 is 0. The van der Waals surface area contributed by atoms with Gasteiger partial charge < -0.3 is 21.1 Å². The van der Waals surface area contributed by atoms with Crippen molar-refractivity contribution < 1.29 is 19.5 Å². The van der Waals surface area contributed by atoms with E-state index in [-0.39, 0.29) is 12.1 Å². The normalized spacial score (nSPS) is 9.60. The second-order valence-electron chi connectivity index (χ2n) is 3.94. The van der Waals surface area contributed by atoms with Crippen molar-refractivity contribution in [1.82, 2.24) is 4.90 Å². The minimum Gasteiger partial charge on any atom is -0.480 e. The number of primary amides is 1. The number of hydrogen-bond acceptors (Lipinski definition) is 3. The van der Waals surface area contributed by atoms with E-state index in [0.717, 1.165) is 4.90 Å². The Morgan fingerprint density at radius 2 is 2.10 bits per heavy atom. The number of benzene rings is 1. The summed E-state index contributed by atoms with van der Waals surface area (Å²) in [6.07, 6.45) is 1.42. The Kier molecular flexibility index (Phi) is 5.28. The maximum atomic E-state index is 11.9. The highest BCUT2D eigenvalue weighted by atomic mass is 16.4. The Labute approximate surface area is 115 Å². The highest BCUT2D eigenvalue weighted by molar-refractivity contribution is 5.96. The molecular formula is C13H15N3O4. The molecule has 4 N–H and O–H groups in total. The fourth-order valence-corrected chi connectivity index (χ4v) is 1.49. The van der Waals surface area contributed by atoms with Gasteiger partial charge in [-0.15, -0.1) is 6.58 Å². The quantitative estimate of drug-likeness (QED) is 0.670. The third kappa shape index (κ3) is 4.45. The average Bonchev–Trinajstić information content (AvgIpc) is 2.38. The van der Waals surface area contributed by atoms with Crippen molar-refractivity contribution in [2.24, 2.45) is 5.73 Å². The number of nitrogens with zero attached hydrogens (tertiary/aromatic N) is 1. The molecule has 0 aromatic heterocycles. The van der Waals surface area contributed by atoms with Crippen LogP contribution in [0.2, 0.25) is 0 Å². The second kappa shape index (κ2) is 6.93. The molecule has 0 aliphatic carbocycles. The zero-order valence-electron chi connectivity index (χ0n) is 10.7. The first-order valence-electron chi connectivity index (χ1n) is 5.72. The number of nitrogens with one attached hydrogen (secondary N) is 1. The van der Waals surface area contributed by atoms with Crippen molar-refractivity contribution >= 4 is 23.6 Å². The minimum absolute atomic E-state index is 0.0909. The van der Waals surface area contributed by atoms with Crippen LogP contribution in [0.15, 0.2) is 36.9 Å². The maximum Gasteiger partial charge on any atom is 0.323 e. The van der Waals surface area contributed by atoms with Crippen LogP contribution >= 0.6 is 0 Å². The summed E-state index contributed by atoms with van der Waals surface area (Å²) in [6, 6.07) is 5.44. The van der Waals surface area contributed by atoms with Gasteiger partial charge in [0.05, 0.1) is 0 Å². The van der Waals surface area contributed by atoms with E-state index in [1.54, 1.807) is 12.1 Å². The fourth-order valence-electron chi connectivity index (χ4n) is 1.49. The summed E-state index contributed by atoms with van der Waals surface area (Å²) in [5, 5.41) is 11.2. The van der Waals surface area contributed by atoms with Crippen LogP contribution < -0.4 is 11.1 Å². The van der Waals surface area contributed by atoms with Crippen molar-refractivity contribution in [3.05, 3.63) is 42.5 Å². The Balaban J connectivity index is 2.81. The minimum atomic E-state index is -1.13. The molecule has 0 radical (unpaired) electrons. The highest BCUT2D eigenvalue weighted by Crippen LogP contribution is 2.11. The van der Waals surface area contributed by atoms with Crippen LogP contribution in [-0.2, 0) is 4.79 Å². The molecule has 0 spiro atoms. The smallest absolute Gasteiger partial charge is 0.323 e. The first-order chi connectivity index (χ1) is 9.43. The summed E-state index contributed by atoms with van der Waals surface area (Å²) in [6.45, 7) is 3.10. The number of rotatable bonds is 6. The number of carboxylic acids is 1. The van der Waals surface area contributed by atoms with Gasteiger partial charge >= 0.3 is 12.0 Å². The number of hydrogen-bond donors (Lipinski definition) is 3. The van der Waals surface area contributed by atoms with Gasteiger partial charge in [0.15, 0.2) is 0 Å². The number of carbonyl (C=O) groups is 3. The first-order valence-corrected chi connectivity index (χ1v) is 5.72. The van der Waals surface area contributed by atoms with E-state index in [1.807, 2.05) is 0 Å². The van der Waals surface area contributed by atoms with E-state index in [1.165, 1.54) is 18.2 Å². The molecular weight excluding hydrogens is 262 g/mol. The monoisotopic (exact) mass is 277 g/mol. The molecule has 1 aromatic carbocycles. The molecule has 7 heteroatoms. The van der Waals surface area contributed by atoms with Crippen LogP contribution in [0.25, 0.3) is 0 Å². The van der Waals surface area contributed by atoms with Crippen molar-refractivity contribution in [1.29, 1.82) is 0 Å². The maximum absolute atomic E-state index is 11.9. The molecule has 0 saturated carbocycles. The van der Waals surface area contributed by atoms with Gasteiger partial charge in [-0.25, -0.2) is 4.79 Å². The molecule has 0 unspecified atom stereocenters. The van der Waals surface area contributed by atoms with Crippen molar-refractivity contribution in [2.45, 2.75) is 0 Å². The van der Waals surface area contributed by atoms with Crippen LogP contribution in [0.3, 0.4) is 0 Å². The van der Waals surface area contributed by atoms with Crippen LogP contribution in [0.4, 0.5) is 10.5 Å². The van der Waals surface area contributed by atoms with Gasteiger partial charge in [0.2, 0.25) is 5.91 Å². The second-order valence-corrected chi connectivity index (χ2v) is 3.94. The molecule has 106 valence electrons. The molecule has 0 atom stereocenters. The van der Waals surface area contributed by atoms with Crippen molar-refractivity contribution in [2.75, 3.05) is 18.4 Å². The molecule has 20 heavy (non-hydrogen) atoms. The van der Waals surface area contributed by atoms with Gasteiger partial charge in [-0.2, -0.15) is 0 Å². The van der Waals surface area contributed by atoms with Gasteiger partial charge in [-0.05, 0) is 18.2 Å². The lowest BCUT2D eigenvalue weighted by molar-refractivity contribution is -0.137. The van der Waals surface area contributed by atoms with E-state index >= 15 is 0 Å². The van der Waals surface area contributed by atoms with Gasteiger partial charge in [-0.3, -0.25) is 9.59 Å². The number of amides is 3. The number of urea groups is 1. The van der Waals surface area contributed by atoms with Gasteiger partial charge in [-0.1, -0.05) is 12.1 Å². The number of carbonyl (C=O) groups excluding carboxylic acids is 2. The molecule has 0 saturated heterocycles. The van der Waals surface area contributed by atoms with Crippen LogP contribution in [0.1, 0.15) is 10.4 Å². The molecule has 0 aliphatic heterocycles. The Bertz CT molecular complexity index is 542. The summed E-state index contributed by atoms with van der Waals surface area (Å²) in [7, 11) is 0. The number of anilines is 1. The van der Waals surface area contributed by atoms with Crippen molar-refractivity contribution in [3.63, 3.8) is 0 Å². The number of carboxylic acid groups (broad SMARTS) is 1. The zero-order valence-corrected chi connectivity index (χ0v) is 10.7. The average molecular weight is 277 g/mol. The lowest BCUT2D eigenvalue weighted by Gasteiger charge is -2.19. The van der Waals surface area contributed by atoms with E-state index in [2.05, 4.69) is 11.9 Å². The summed E-state index contributed by atoms with van der Waals surface area (Å²) in [5.41, 5.74) is 5.73. The molecule has 0 bridgehead atoms. The molecule has 7 nitrogen and oxygen atoms in total. The van der Waals surface area contributed by atoms with Crippen LogP contribution in [0, 0.1) is 0 Å². The highest BCUT2D eigenvalue weighted by Gasteiger charge is 2.15. The van der Waals surface area contributed by atoms with Crippen LogP contribution in [0.5, 0.6) is 0 Å². The number of aliphatic carboxylic acids is 1. The summed E-state index contributed by atoms with van der Waals surface area (Å²) < 4.78 is 0. The fraction of sp³-hybridized carbons (Fsp3) is 0.154. The third-order valence-corrected chi connectivity index (χ3v) is 2.36. The zero-order chi connectivity index (χ0) is 15.1. The van der Waals surface area contributed by atoms with Crippen molar-refractivity contribution in [3.8, 4) is 0 Å². The standard InChI is InChI=1S/C13H15N3O4/c1-2-6-16(8-11(17)18)13(20)15-10-5-3-4-9(7-10)12(14)19/h2-5,7H,1,6,8H2,(H2,14,19)(H,15,20)(H,17,18). The lowest BCUT2D eigenvalue weighted by atomic mass is 10.2. The van der Waals surface area contributed by atoms with E-state index in [4.69, 9.17) is 10.8 Å². The van der Waals surface area contributed by atoms with E-state index in [9.17, 15) is 14.4 Å². The largest absolute Gasteiger partial charge is 0.480 e. The third-order valence-electron chi connectivity index (χ3n) is 2.36. The van der Waals surface area contributed by atoms with E-state index in [0.29, 0.717) is 5.69 Å². The molecule has 0 fully saturated rings. The van der Waals surface area contributed by atoms with E-state index < -0.39 is 24.5 Å². The predicted octanol–water partition coefficient (Wildman–Crippen LogP) is 0.890. The molecule has 1 aromatic rings. The Morgan fingerprint density at radius 1 is 1.40 bits per heavy atom. The Morgan fingerprint density at radius 3 is 2.65 bits per heavy atom. The molecule has 0 aliphatic rings. The lowest BCUT2D eigenvalue weighted by Crippen LogP contribution is -2.38. The summed E-state index contributed by atoms with van der Waals surface area (Å²) in [5.74, 6) is -1.75. The first kappa shape index (κ1) is 15.2.